The molecule has 0 spiro atoms. The summed E-state index contributed by atoms with van der Waals surface area (Å²) in [6.45, 7) is 0. The van der Waals surface area contributed by atoms with E-state index in [0.29, 0.717) is 27.9 Å². The van der Waals surface area contributed by atoms with Crippen LogP contribution in [0.4, 0.5) is 0 Å². The number of nitrogens with zero attached hydrogens (tertiary/aromatic N) is 5. The third-order valence-corrected chi connectivity index (χ3v) is 9.65. The van der Waals surface area contributed by atoms with Crippen LogP contribution in [0, 0.1) is 34.0 Å². The van der Waals surface area contributed by atoms with Gasteiger partial charge in [0.05, 0.1) is 62.3 Å². The Morgan fingerprint density at radius 3 is 1.42 bits per heavy atom. The zero-order chi connectivity index (χ0) is 33.8. The van der Waals surface area contributed by atoms with Crippen LogP contribution in [-0.4, -0.2) is 9.13 Å². The SMILES string of the molecule is N#Cc1ccc2c(c1)c1ccccc1n2-c1ccccc1-c1ccccc1-c1cc(C#N)c(-n2c3ccccc3c3ccccc32)cc1C#N. The standard InChI is InChI=1S/C45H25N5/c46-26-29-21-22-44-39(23-29)37-16-6-10-20-43(37)49(44)40-17-7-3-13-34(40)32-11-1-2-12-33(32)38-24-31(28-48)45(25-30(38)27-47)50-41-18-8-4-14-35(41)36-15-5-9-19-42(36)50/h1-25H. The van der Waals surface area contributed by atoms with E-state index in [1.807, 2.05) is 97.1 Å². The van der Waals surface area contributed by atoms with E-state index in [2.05, 4.69) is 81.9 Å². The molecule has 2 aromatic heterocycles. The van der Waals surface area contributed by atoms with E-state index in [0.717, 1.165) is 66.0 Å². The molecule has 50 heavy (non-hydrogen) atoms. The fraction of sp³-hybridized carbons (Fsp3) is 0. The van der Waals surface area contributed by atoms with Crippen molar-refractivity contribution in [2.75, 3.05) is 0 Å². The number of hydrogen-bond donors (Lipinski definition) is 0. The van der Waals surface area contributed by atoms with E-state index in [-0.39, 0.29) is 0 Å². The van der Waals surface area contributed by atoms with Crippen molar-refractivity contribution in [2.45, 2.75) is 0 Å². The summed E-state index contributed by atoms with van der Waals surface area (Å²) in [5, 5.41) is 35.2. The van der Waals surface area contributed by atoms with Crippen LogP contribution in [0.1, 0.15) is 16.7 Å². The van der Waals surface area contributed by atoms with Crippen molar-refractivity contribution in [3.8, 4) is 51.8 Å². The highest BCUT2D eigenvalue weighted by molar-refractivity contribution is 6.11. The van der Waals surface area contributed by atoms with Gasteiger partial charge >= 0.3 is 0 Å². The fourth-order valence-electron chi connectivity index (χ4n) is 7.51. The Bertz CT molecular complexity index is 2920. The molecule has 0 radical (unpaired) electrons. The summed E-state index contributed by atoms with van der Waals surface area (Å²) in [6, 6.07) is 57.6. The molecule has 0 aliphatic rings. The average molecular weight is 636 g/mol. The molecule has 0 bridgehead atoms. The normalized spacial score (nSPS) is 11.1. The van der Waals surface area contributed by atoms with E-state index in [9.17, 15) is 15.8 Å². The zero-order valence-electron chi connectivity index (χ0n) is 26.7. The van der Waals surface area contributed by atoms with Gasteiger partial charge in [0.2, 0.25) is 0 Å². The molecule has 0 N–H and O–H groups in total. The van der Waals surface area contributed by atoms with Crippen molar-refractivity contribution >= 4 is 43.6 Å². The lowest BCUT2D eigenvalue weighted by Crippen LogP contribution is -2.01. The monoisotopic (exact) mass is 635 g/mol. The average Bonchev–Trinajstić information content (AvgIpc) is 3.70. The van der Waals surface area contributed by atoms with Crippen molar-refractivity contribution in [3.05, 3.63) is 168 Å². The molecule has 0 atom stereocenters. The van der Waals surface area contributed by atoms with Crippen LogP contribution in [0.25, 0.3) is 77.2 Å². The molecule has 0 saturated carbocycles. The Morgan fingerprint density at radius 2 is 0.820 bits per heavy atom. The first-order valence-corrected chi connectivity index (χ1v) is 16.3. The van der Waals surface area contributed by atoms with E-state index < -0.39 is 0 Å². The molecule has 230 valence electrons. The highest BCUT2D eigenvalue weighted by Gasteiger charge is 2.21. The maximum absolute atomic E-state index is 10.7. The van der Waals surface area contributed by atoms with Gasteiger partial charge in [0.1, 0.15) is 6.07 Å². The maximum atomic E-state index is 10.7. The molecule has 0 aliphatic carbocycles. The summed E-state index contributed by atoms with van der Waals surface area (Å²) >= 11 is 0. The minimum atomic E-state index is 0.476. The summed E-state index contributed by atoms with van der Waals surface area (Å²) in [7, 11) is 0. The second kappa shape index (κ2) is 11.4. The largest absolute Gasteiger partial charge is 0.309 e. The summed E-state index contributed by atoms with van der Waals surface area (Å²) < 4.78 is 4.34. The van der Waals surface area contributed by atoms with Crippen molar-refractivity contribution in [1.29, 1.82) is 15.8 Å². The third-order valence-electron chi connectivity index (χ3n) is 9.65. The van der Waals surface area contributed by atoms with Crippen molar-refractivity contribution in [1.82, 2.24) is 9.13 Å². The molecule has 5 heteroatoms. The Balaban J connectivity index is 1.29. The molecule has 2 heterocycles. The molecule has 7 aromatic carbocycles. The summed E-state index contributed by atoms with van der Waals surface area (Å²) in [6.07, 6.45) is 0. The Morgan fingerprint density at radius 1 is 0.340 bits per heavy atom. The first-order valence-electron chi connectivity index (χ1n) is 16.3. The zero-order valence-corrected chi connectivity index (χ0v) is 26.7. The molecule has 0 fully saturated rings. The van der Waals surface area contributed by atoms with Crippen molar-refractivity contribution < 1.29 is 0 Å². The van der Waals surface area contributed by atoms with Gasteiger partial charge in [0, 0.05) is 32.7 Å². The van der Waals surface area contributed by atoms with Crippen LogP contribution in [0.3, 0.4) is 0 Å². The van der Waals surface area contributed by atoms with Crippen molar-refractivity contribution in [2.24, 2.45) is 0 Å². The van der Waals surface area contributed by atoms with Gasteiger partial charge in [-0.15, -0.1) is 0 Å². The fourth-order valence-corrected chi connectivity index (χ4v) is 7.51. The number of fused-ring (bicyclic) bond motifs is 6. The third kappa shape index (κ3) is 4.24. The summed E-state index contributed by atoms with van der Waals surface area (Å²) in [5.74, 6) is 0. The topological polar surface area (TPSA) is 81.2 Å². The first kappa shape index (κ1) is 28.8. The van der Waals surface area contributed by atoms with Crippen LogP contribution in [-0.2, 0) is 0 Å². The number of para-hydroxylation sites is 4. The van der Waals surface area contributed by atoms with Gasteiger partial charge in [0.25, 0.3) is 0 Å². The van der Waals surface area contributed by atoms with Crippen LogP contribution < -0.4 is 0 Å². The molecule has 0 aliphatic heterocycles. The lowest BCUT2D eigenvalue weighted by atomic mass is 9.89. The highest BCUT2D eigenvalue weighted by atomic mass is 15.0. The van der Waals surface area contributed by atoms with Crippen LogP contribution >= 0.6 is 0 Å². The summed E-state index contributed by atoms with van der Waals surface area (Å²) in [4.78, 5) is 0. The number of aromatic nitrogens is 2. The van der Waals surface area contributed by atoms with Gasteiger partial charge < -0.3 is 9.13 Å². The van der Waals surface area contributed by atoms with Gasteiger partial charge in [-0.3, -0.25) is 0 Å². The molecular formula is C45H25N5. The van der Waals surface area contributed by atoms with Gasteiger partial charge in [-0.25, -0.2) is 0 Å². The van der Waals surface area contributed by atoms with Gasteiger partial charge in [-0.1, -0.05) is 97.1 Å². The highest BCUT2D eigenvalue weighted by Crippen LogP contribution is 2.42. The molecule has 9 aromatic rings. The number of nitriles is 3. The molecule has 5 nitrogen and oxygen atoms in total. The smallest absolute Gasteiger partial charge is 0.101 e. The van der Waals surface area contributed by atoms with Crippen LogP contribution in [0.15, 0.2) is 152 Å². The van der Waals surface area contributed by atoms with E-state index in [1.165, 1.54) is 0 Å². The number of benzene rings is 7. The predicted octanol–water partition coefficient (Wildman–Crippen LogP) is 10.8. The Kier molecular flexibility index (Phi) is 6.56. The second-order valence-corrected chi connectivity index (χ2v) is 12.3. The molecule has 0 saturated heterocycles. The van der Waals surface area contributed by atoms with E-state index in [4.69, 9.17) is 0 Å². The quantitative estimate of drug-likeness (QED) is 0.193. The summed E-state index contributed by atoms with van der Waals surface area (Å²) in [5.41, 5.74) is 10.6. The number of rotatable bonds is 4. The second-order valence-electron chi connectivity index (χ2n) is 12.3. The minimum absolute atomic E-state index is 0.476. The predicted molar refractivity (Wildman–Crippen MR) is 200 cm³/mol. The lowest BCUT2D eigenvalue weighted by molar-refractivity contribution is 1.16. The lowest BCUT2D eigenvalue weighted by Gasteiger charge is -2.18. The van der Waals surface area contributed by atoms with Gasteiger partial charge in [-0.2, -0.15) is 15.8 Å². The minimum Gasteiger partial charge on any atom is -0.309 e. The van der Waals surface area contributed by atoms with Crippen LogP contribution in [0.5, 0.6) is 0 Å². The van der Waals surface area contributed by atoms with Gasteiger partial charge in [-0.05, 0) is 65.7 Å². The molecule has 9 rings (SSSR count). The Labute approximate surface area is 287 Å². The Hall–Kier alpha value is -7.39. The van der Waals surface area contributed by atoms with E-state index >= 15 is 0 Å². The van der Waals surface area contributed by atoms with Gasteiger partial charge in [0.15, 0.2) is 0 Å². The van der Waals surface area contributed by atoms with Crippen LogP contribution in [0.2, 0.25) is 0 Å². The molecular weight excluding hydrogens is 611 g/mol. The molecule has 0 amide bonds. The van der Waals surface area contributed by atoms with Crippen molar-refractivity contribution in [3.63, 3.8) is 0 Å². The number of hydrogen-bond acceptors (Lipinski definition) is 3. The molecule has 0 unspecified atom stereocenters. The van der Waals surface area contributed by atoms with E-state index in [1.54, 1.807) is 0 Å². The first-order chi connectivity index (χ1) is 24.7. The maximum Gasteiger partial charge on any atom is 0.101 e.